The maximum Gasteiger partial charge on any atom is 0.170 e. The number of anilines is 1. The zero-order chi connectivity index (χ0) is 17.6. The molecule has 1 atom stereocenters. The molecule has 25 heavy (non-hydrogen) atoms. The van der Waals surface area contributed by atoms with Crippen LogP contribution in [0, 0.1) is 13.8 Å². The summed E-state index contributed by atoms with van der Waals surface area (Å²) < 4.78 is 5.69. The van der Waals surface area contributed by atoms with Crippen molar-refractivity contribution >= 4 is 23.0 Å². The average Bonchev–Trinajstić information content (AvgIpc) is 3.14. The molecule has 0 saturated carbocycles. The van der Waals surface area contributed by atoms with Crippen molar-refractivity contribution in [2.45, 2.75) is 39.2 Å². The van der Waals surface area contributed by atoms with Gasteiger partial charge in [0.15, 0.2) is 5.11 Å². The highest BCUT2D eigenvalue weighted by Crippen LogP contribution is 2.24. The zero-order valence-electron chi connectivity index (χ0n) is 15.0. The Kier molecular flexibility index (Phi) is 6.10. The molecule has 0 amide bonds. The third-order valence-electron chi connectivity index (χ3n) is 4.80. The normalized spacial score (nSPS) is 16.4. The molecule has 1 aromatic heterocycles. The van der Waals surface area contributed by atoms with Crippen LogP contribution in [0.2, 0.25) is 0 Å². The summed E-state index contributed by atoms with van der Waals surface area (Å²) in [6, 6.07) is 10.6. The van der Waals surface area contributed by atoms with Crippen LogP contribution in [0.4, 0.5) is 5.69 Å². The van der Waals surface area contributed by atoms with Gasteiger partial charge in [0.05, 0.1) is 12.3 Å². The van der Waals surface area contributed by atoms with E-state index in [4.69, 9.17) is 16.6 Å². The van der Waals surface area contributed by atoms with Gasteiger partial charge in [-0.05, 0) is 81.3 Å². The fraction of sp³-hybridized carbons (Fsp3) is 0.450. The lowest BCUT2D eigenvalue weighted by atomic mass is 10.1. The highest BCUT2D eigenvalue weighted by Gasteiger charge is 2.24. The first-order valence-electron chi connectivity index (χ1n) is 9.03. The van der Waals surface area contributed by atoms with E-state index in [-0.39, 0.29) is 6.04 Å². The van der Waals surface area contributed by atoms with Crippen LogP contribution in [0.1, 0.15) is 42.2 Å². The molecule has 0 spiro atoms. The monoisotopic (exact) mass is 357 g/mol. The molecule has 1 fully saturated rings. The highest BCUT2D eigenvalue weighted by atomic mass is 32.1. The Hall–Kier alpha value is -1.85. The molecule has 134 valence electrons. The molecular weight excluding hydrogens is 330 g/mol. The molecule has 0 unspecified atom stereocenters. The topological polar surface area (TPSA) is 40.4 Å². The Labute approximate surface area is 155 Å². The second-order valence-corrected chi connectivity index (χ2v) is 7.19. The Balaban J connectivity index is 1.62. The van der Waals surface area contributed by atoms with E-state index in [9.17, 15) is 0 Å². The van der Waals surface area contributed by atoms with Gasteiger partial charge in [0.2, 0.25) is 0 Å². The predicted molar refractivity (Wildman–Crippen MR) is 107 cm³/mol. The van der Waals surface area contributed by atoms with E-state index in [1.807, 2.05) is 6.07 Å². The summed E-state index contributed by atoms with van der Waals surface area (Å²) in [6.45, 7) is 7.15. The minimum Gasteiger partial charge on any atom is -0.468 e. The van der Waals surface area contributed by atoms with Crippen LogP contribution in [0.3, 0.4) is 0 Å². The number of aryl methyl sites for hydroxylation is 2. The van der Waals surface area contributed by atoms with Crippen LogP contribution >= 0.6 is 12.2 Å². The molecule has 1 aromatic carbocycles. The lowest BCUT2D eigenvalue weighted by Crippen LogP contribution is -2.41. The van der Waals surface area contributed by atoms with Gasteiger partial charge < -0.3 is 15.1 Å². The molecule has 1 aliphatic heterocycles. The van der Waals surface area contributed by atoms with Gasteiger partial charge in [0.1, 0.15) is 5.76 Å². The average molecular weight is 358 g/mol. The van der Waals surface area contributed by atoms with E-state index < -0.39 is 0 Å². The van der Waals surface area contributed by atoms with Gasteiger partial charge >= 0.3 is 0 Å². The summed E-state index contributed by atoms with van der Waals surface area (Å²) in [5.74, 6) is 1.00. The first-order valence-corrected chi connectivity index (χ1v) is 9.44. The molecule has 1 saturated heterocycles. The number of piperidine rings is 1. The molecule has 3 rings (SSSR count). The van der Waals surface area contributed by atoms with Crippen molar-refractivity contribution in [2.24, 2.45) is 0 Å². The minimum absolute atomic E-state index is 0.216. The van der Waals surface area contributed by atoms with E-state index >= 15 is 0 Å². The Morgan fingerprint density at radius 3 is 2.72 bits per heavy atom. The van der Waals surface area contributed by atoms with Gasteiger partial charge in [0, 0.05) is 12.2 Å². The number of nitrogens with one attached hydrogen (secondary N) is 2. The van der Waals surface area contributed by atoms with E-state index in [0.717, 1.165) is 31.1 Å². The number of nitrogens with zero attached hydrogens (tertiary/aromatic N) is 1. The Morgan fingerprint density at radius 1 is 1.20 bits per heavy atom. The van der Waals surface area contributed by atoms with Crippen LogP contribution in [0.15, 0.2) is 41.0 Å². The molecule has 0 radical (unpaired) electrons. The molecule has 2 heterocycles. The van der Waals surface area contributed by atoms with Gasteiger partial charge in [-0.1, -0.05) is 18.6 Å². The van der Waals surface area contributed by atoms with Crippen molar-refractivity contribution in [1.82, 2.24) is 10.2 Å². The van der Waals surface area contributed by atoms with Gasteiger partial charge in [-0.2, -0.15) is 0 Å². The van der Waals surface area contributed by atoms with Gasteiger partial charge in [-0.15, -0.1) is 0 Å². The largest absolute Gasteiger partial charge is 0.468 e. The predicted octanol–water partition coefficient (Wildman–Crippen LogP) is 4.41. The first kappa shape index (κ1) is 18.0. The number of hydrogen-bond acceptors (Lipinski definition) is 3. The summed E-state index contributed by atoms with van der Waals surface area (Å²) in [7, 11) is 0. The standard InChI is InChI=1S/C20H27N3OS/c1-15-8-9-16(2)17(13-15)22-20(25)21-14-18(19-7-6-12-24-19)23-10-4-3-5-11-23/h6-9,12-13,18H,3-5,10-11,14H2,1-2H3,(H2,21,22,25)/t18-/m0/s1. The van der Waals surface area contributed by atoms with Gasteiger partial charge in [-0.25, -0.2) is 0 Å². The summed E-state index contributed by atoms with van der Waals surface area (Å²) in [6.07, 6.45) is 5.57. The SMILES string of the molecule is Cc1ccc(C)c(NC(=S)NC[C@@H](c2ccco2)N2CCCCC2)c1. The van der Waals surface area contributed by atoms with E-state index in [0.29, 0.717) is 5.11 Å². The second kappa shape index (κ2) is 8.50. The molecule has 1 aliphatic rings. The van der Waals surface area contributed by atoms with Crippen molar-refractivity contribution in [3.05, 3.63) is 53.5 Å². The van der Waals surface area contributed by atoms with E-state index in [2.05, 4.69) is 53.6 Å². The van der Waals surface area contributed by atoms with Crippen molar-refractivity contribution in [1.29, 1.82) is 0 Å². The number of benzene rings is 1. The van der Waals surface area contributed by atoms with Crippen molar-refractivity contribution in [3.8, 4) is 0 Å². The number of likely N-dealkylation sites (tertiary alicyclic amines) is 1. The maximum absolute atomic E-state index is 5.69. The summed E-state index contributed by atoms with van der Waals surface area (Å²) in [4.78, 5) is 2.50. The van der Waals surface area contributed by atoms with Crippen molar-refractivity contribution < 1.29 is 4.42 Å². The lowest BCUT2D eigenvalue weighted by molar-refractivity contribution is 0.146. The molecule has 4 nitrogen and oxygen atoms in total. The minimum atomic E-state index is 0.216. The van der Waals surface area contributed by atoms with Gasteiger partial charge in [0.25, 0.3) is 0 Å². The fourth-order valence-corrected chi connectivity index (χ4v) is 3.54. The van der Waals surface area contributed by atoms with E-state index in [1.165, 1.54) is 30.4 Å². The van der Waals surface area contributed by atoms with Crippen LogP contribution in [0.25, 0.3) is 0 Å². The number of rotatable bonds is 5. The molecule has 0 aliphatic carbocycles. The number of furan rings is 1. The third kappa shape index (κ3) is 4.83. The Morgan fingerprint density at radius 2 is 2.00 bits per heavy atom. The zero-order valence-corrected chi connectivity index (χ0v) is 15.9. The lowest BCUT2D eigenvalue weighted by Gasteiger charge is -2.33. The van der Waals surface area contributed by atoms with Crippen LogP contribution in [0.5, 0.6) is 0 Å². The summed E-state index contributed by atoms with van der Waals surface area (Å²) >= 11 is 5.52. The van der Waals surface area contributed by atoms with Crippen LogP contribution in [-0.4, -0.2) is 29.6 Å². The number of thiocarbonyl (C=S) groups is 1. The van der Waals surface area contributed by atoms with E-state index in [1.54, 1.807) is 6.26 Å². The third-order valence-corrected chi connectivity index (χ3v) is 5.05. The van der Waals surface area contributed by atoms with Crippen molar-refractivity contribution in [3.63, 3.8) is 0 Å². The highest BCUT2D eigenvalue weighted by molar-refractivity contribution is 7.80. The second-order valence-electron chi connectivity index (χ2n) is 6.78. The molecule has 5 heteroatoms. The summed E-state index contributed by atoms with van der Waals surface area (Å²) in [5, 5.41) is 7.36. The van der Waals surface area contributed by atoms with Gasteiger partial charge in [-0.3, -0.25) is 4.90 Å². The molecule has 2 aromatic rings. The van der Waals surface area contributed by atoms with Crippen LogP contribution in [-0.2, 0) is 0 Å². The molecule has 0 bridgehead atoms. The smallest absolute Gasteiger partial charge is 0.170 e. The van der Waals surface area contributed by atoms with Crippen molar-refractivity contribution in [2.75, 3.05) is 25.0 Å². The van der Waals surface area contributed by atoms with Crippen LogP contribution < -0.4 is 10.6 Å². The number of hydrogen-bond donors (Lipinski definition) is 2. The fourth-order valence-electron chi connectivity index (χ4n) is 3.35. The summed E-state index contributed by atoms with van der Waals surface area (Å²) in [5.41, 5.74) is 3.47. The molecular formula is C20H27N3OS. The maximum atomic E-state index is 5.69. The quantitative estimate of drug-likeness (QED) is 0.776. The Bertz CT molecular complexity index is 693. The molecule has 2 N–H and O–H groups in total. The first-order chi connectivity index (χ1) is 12.1.